The van der Waals surface area contributed by atoms with Crippen LogP contribution in [0.15, 0.2) is 18.2 Å². The van der Waals surface area contributed by atoms with Crippen LogP contribution in [-0.4, -0.2) is 28.0 Å². The van der Waals surface area contributed by atoms with Crippen LogP contribution in [-0.2, 0) is 0 Å². The van der Waals surface area contributed by atoms with Crippen molar-refractivity contribution in [2.75, 3.05) is 11.9 Å². The van der Waals surface area contributed by atoms with Crippen LogP contribution in [0.2, 0.25) is 0 Å². The van der Waals surface area contributed by atoms with Crippen molar-refractivity contribution in [1.29, 1.82) is 0 Å². The third kappa shape index (κ3) is 4.56. The SMILES string of the molecule is CC(CBr)CCCNC(=O)c1cc(O)ccc1O. The second-order valence-corrected chi connectivity index (χ2v) is 5.01. The average molecular weight is 316 g/mol. The zero-order chi connectivity index (χ0) is 13.5. The van der Waals surface area contributed by atoms with E-state index in [9.17, 15) is 15.0 Å². The number of phenols is 2. The predicted molar refractivity (Wildman–Crippen MR) is 74.3 cm³/mol. The Morgan fingerprint density at radius 3 is 2.83 bits per heavy atom. The molecule has 0 aliphatic rings. The quantitative estimate of drug-likeness (QED) is 0.429. The van der Waals surface area contributed by atoms with Gasteiger partial charge in [0.1, 0.15) is 11.5 Å². The second-order valence-electron chi connectivity index (χ2n) is 4.36. The molecule has 1 aromatic carbocycles. The number of alkyl halides is 1. The van der Waals surface area contributed by atoms with E-state index in [1.807, 2.05) is 0 Å². The summed E-state index contributed by atoms with van der Waals surface area (Å²) < 4.78 is 0. The van der Waals surface area contributed by atoms with E-state index in [1.54, 1.807) is 0 Å². The fourth-order valence-electron chi connectivity index (χ4n) is 1.53. The number of carbonyl (C=O) groups excluding carboxylic acids is 1. The molecule has 0 aliphatic heterocycles. The van der Waals surface area contributed by atoms with Crippen LogP contribution in [0.5, 0.6) is 11.5 Å². The molecule has 4 nitrogen and oxygen atoms in total. The molecule has 0 bridgehead atoms. The topological polar surface area (TPSA) is 69.6 Å². The first kappa shape index (κ1) is 14.8. The van der Waals surface area contributed by atoms with Crippen LogP contribution in [0.4, 0.5) is 0 Å². The summed E-state index contributed by atoms with van der Waals surface area (Å²) >= 11 is 3.40. The molecule has 1 atom stereocenters. The fourth-order valence-corrected chi connectivity index (χ4v) is 1.85. The molecule has 1 amide bonds. The number of halogens is 1. The van der Waals surface area contributed by atoms with Crippen LogP contribution in [0.1, 0.15) is 30.1 Å². The molecule has 100 valence electrons. The highest BCUT2D eigenvalue weighted by molar-refractivity contribution is 9.09. The molecule has 1 rings (SSSR count). The van der Waals surface area contributed by atoms with Gasteiger partial charge in [0.15, 0.2) is 0 Å². The van der Waals surface area contributed by atoms with Gasteiger partial charge in [0.2, 0.25) is 0 Å². The molecule has 0 spiro atoms. The van der Waals surface area contributed by atoms with Gasteiger partial charge in [-0.15, -0.1) is 0 Å². The van der Waals surface area contributed by atoms with Crippen molar-refractivity contribution in [1.82, 2.24) is 5.32 Å². The minimum Gasteiger partial charge on any atom is -0.508 e. The molecule has 1 unspecified atom stereocenters. The van der Waals surface area contributed by atoms with Crippen molar-refractivity contribution in [3.8, 4) is 11.5 Å². The highest BCUT2D eigenvalue weighted by atomic mass is 79.9. The number of hydrogen-bond acceptors (Lipinski definition) is 3. The number of nitrogens with one attached hydrogen (secondary N) is 1. The van der Waals surface area contributed by atoms with Crippen LogP contribution in [0, 0.1) is 5.92 Å². The van der Waals surface area contributed by atoms with Gasteiger partial charge in [0, 0.05) is 11.9 Å². The zero-order valence-corrected chi connectivity index (χ0v) is 11.9. The molecule has 0 saturated heterocycles. The molecule has 0 aromatic heterocycles. The van der Waals surface area contributed by atoms with Crippen molar-refractivity contribution >= 4 is 21.8 Å². The van der Waals surface area contributed by atoms with Gasteiger partial charge in [0.05, 0.1) is 5.56 Å². The van der Waals surface area contributed by atoms with Crippen LogP contribution in [0.3, 0.4) is 0 Å². The molecule has 3 N–H and O–H groups in total. The van der Waals surface area contributed by atoms with Gasteiger partial charge in [-0.2, -0.15) is 0 Å². The molecule has 0 saturated carbocycles. The number of phenolic OH excluding ortho intramolecular Hbond substituents is 2. The van der Waals surface area contributed by atoms with Gasteiger partial charge in [-0.05, 0) is 37.0 Å². The van der Waals surface area contributed by atoms with Gasteiger partial charge < -0.3 is 15.5 Å². The number of hydrogen-bond donors (Lipinski definition) is 3. The lowest BCUT2D eigenvalue weighted by molar-refractivity contribution is 0.0949. The molecule has 0 heterocycles. The first-order valence-electron chi connectivity index (χ1n) is 5.90. The number of aromatic hydroxyl groups is 2. The number of amides is 1. The number of rotatable bonds is 6. The van der Waals surface area contributed by atoms with Crippen LogP contribution < -0.4 is 5.32 Å². The standard InChI is InChI=1S/C13H18BrNO3/c1-9(8-14)3-2-6-15-13(18)11-7-10(16)4-5-12(11)17/h4-5,7,9,16-17H,2-3,6,8H2,1H3,(H,15,18). The Hall–Kier alpha value is -1.23. The molecule has 5 heteroatoms. The summed E-state index contributed by atoms with van der Waals surface area (Å²) in [5, 5.41) is 22.5. The maximum absolute atomic E-state index is 11.7. The van der Waals surface area contributed by atoms with Crippen LogP contribution >= 0.6 is 15.9 Å². The van der Waals surface area contributed by atoms with E-state index in [-0.39, 0.29) is 23.0 Å². The summed E-state index contributed by atoms with van der Waals surface area (Å²) in [6, 6.07) is 3.90. The number of carbonyl (C=O) groups is 1. The van der Waals surface area contributed by atoms with E-state index in [2.05, 4.69) is 28.2 Å². The number of benzene rings is 1. The van der Waals surface area contributed by atoms with E-state index < -0.39 is 0 Å². The Morgan fingerprint density at radius 1 is 1.44 bits per heavy atom. The third-order valence-electron chi connectivity index (χ3n) is 2.65. The van der Waals surface area contributed by atoms with Gasteiger partial charge in [-0.1, -0.05) is 22.9 Å². The van der Waals surface area contributed by atoms with Gasteiger partial charge >= 0.3 is 0 Å². The Labute approximate surface area is 115 Å². The second kappa shape index (κ2) is 7.26. The highest BCUT2D eigenvalue weighted by Crippen LogP contribution is 2.21. The first-order chi connectivity index (χ1) is 8.54. The summed E-state index contributed by atoms with van der Waals surface area (Å²) in [4.78, 5) is 11.7. The van der Waals surface area contributed by atoms with Crippen molar-refractivity contribution < 1.29 is 15.0 Å². The molecule has 1 aromatic rings. The molecule has 0 fully saturated rings. The van der Waals surface area contributed by atoms with E-state index in [0.717, 1.165) is 18.2 Å². The van der Waals surface area contributed by atoms with Crippen molar-refractivity contribution in [3.63, 3.8) is 0 Å². The minimum atomic E-state index is -0.366. The Bertz CT molecular complexity index is 409. The van der Waals surface area contributed by atoms with E-state index in [1.165, 1.54) is 18.2 Å². The largest absolute Gasteiger partial charge is 0.508 e. The summed E-state index contributed by atoms with van der Waals surface area (Å²) in [5.74, 6) is 0.0518. The van der Waals surface area contributed by atoms with Crippen molar-refractivity contribution in [3.05, 3.63) is 23.8 Å². The summed E-state index contributed by atoms with van der Waals surface area (Å²) in [6.07, 6.45) is 1.91. The third-order valence-corrected chi connectivity index (χ3v) is 3.75. The van der Waals surface area contributed by atoms with Crippen molar-refractivity contribution in [2.45, 2.75) is 19.8 Å². The smallest absolute Gasteiger partial charge is 0.255 e. The zero-order valence-electron chi connectivity index (χ0n) is 10.3. The van der Waals surface area contributed by atoms with Crippen LogP contribution in [0.25, 0.3) is 0 Å². The Morgan fingerprint density at radius 2 is 2.17 bits per heavy atom. The molecule has 18 heavy (non-hydrogen) atoms. The molecule has 0 aliphatic carbocycles. The first-order valence-corrected chi connectivity index (χ1v) is 7.03. The van der Waals surface area contributed by atoms with Gasteiger partial charge in [-0.25, -0.2) is 0 Å². The van der Waals surface area contributed by atoms with E-state index in [4.69, 9.17) is 0 Å². The van der Waals surface area contributed by atoms with E-state index in [0.29, 0.717) is 12.5 Å². The summed E-state index contributed by atoms with van der Waals surface area (Å²) in [7, 11) is 0. The van der Waals surface area contributed by atoms with Gasteiger partial charge in [-0.3, -0.25) is 4.79 Å². The minimum absolute atomic E-state index is 0.0362. The van der Waals surface area contributed by atoms with E-state index >= 15 is 0 Å². The maximum Gasteiger partial charge on any atom is 0.255 e. The lowest BCUT2D eigenvalue weighted by atomic mass is 10.1. The highest BCUT2D eigenvalue weighted by Gasteiger charge is 2.11. The molecular weight excluding hydrogens is 298 g/mol. The Balaban J connectivity index is 2.43. The molecule has 0 radical (unpaired) electrons. The Kier molecular flexibility index (Phi) is 5.98. The van der Waals surface area contributed by atoms with Crippen molar-refractivity contribution in [2.24, 2.45) is 5.92 Å². The summed E-state index contributed by atoms with van der Waals surface area (Å²) in [6.45, 7) is 2.70. The normalized spacial score (nSPS) is 12.1. The molecular formula is C13H18BrNO3. The lowest BCUT2D eigenvalue weighted by Gasteiger charge is -2.09. The fraction of sp³-hybridized carbons (Fsp3) is 0.462. The van der Waals surface area contributed by atoms with Gasteiger partial charge in [0.25, 0.3) is 5.91 Å². The lowest BCUT2D eigenvalue weighted by Crippen LogP contribution is -2.24. The monoisotopic (exact) mass is 315 g/mol. The maximum atomic E-state index is 11.7. The summed E-state index contributed by atoms with van der Waals surface area (Å²) in [5.41, 5.74) is 0.100. The predicted octanol–water partition coefficient (Wildman–Crippen LogP) is 2.64. The average Bonchev–Trinajstić information content (AvgIpc) is 2.36.